The summed E-state index contributed by atoms with van der Waals surface area (Å²) in [5.74, 6) is -0.0205. The summed E-state index contributed by atoms with van der Waals surface area (Å²) in [5.41, 5.74) is -0.637. The summed E-state index contributed by atoms with van der Waals surface area (Å²) in [5, 5.41) is 11.5. The molecule has 4 heteroatoms. The maximum absolute atomic E-state index is 11.5. The molecule has 0 saturated heterocycles. The molecule has 0 bridgehead atoms. The number of aliphatic carboxylic acids is 1. The molecule has 1 unspecified atom stereocenters. The summed E-state index contributed by atoms with van der Waals surface area (Å²) in [6.45, 7) is 8.24. The number of aryl methyl sites for hydroxylation is 1. The average Bonchev–Trinajstić information content (AvgIpc) is 2.75. The molecule has 2 nitrogen and oxygen atoms in total. The number of rotatable bonds is 6. The Balaban J connectivity index is 2.60. The summed E-state index contributed by atoms with van der Waals surface area (Å²) in [6.07, 6.45) is 1.55. The van der Waals surface area contributed by atoms with Crippen molar-refractivity contribution in [2.24, 2.45) is 5.41 Å². The van der Waals surface area contributed by atoms with Crippen LogP contribution in [0.15, 0.2) is 17.5 Å². The lowest BCUT2D eigenvalue weighted by Crippen LogP contribution is -2.32. The second-order valence-corrected chi connectivity index (χ2v) is 8.68. The summed E-state index contributed by atoms with van der Waals surface area (Å²) in [4.78, 5) is 12.8. The third kappa shape index (κ3) is 5.02. The highest BCUT2D eigenvalue weighted by molar-refractivity contribution is 8.00. The van der Waals surface area contributed by atoms with Crippen LogP contribution >= 0.6 is 23.1 Å². The van der Waals surface area contributed by atoms with E-state index < -0.39 is 11.4 Å². The predicted molar refractivity (Wildman–Crippen MR) is 80.6 cm³/mol. The summed E-state index contributed by atoms with van der Waals surface area (Å²) < 4.78 is 0.111. The minimum Gasteiger partial charge on any atom is -0.481 e. The smallest absolute Gasteiger partial charge is 0.310 e. The molecule has 0 aliphatic carbocycles. The summed E-state index contributed by atoms with van der Waals surface area (Å²) in [7, 11) is 0. The zero-order valence-electron chi connectivity index (χ0n) is 11.5. The largest absolute Gasteiger partial charge is 0.481 e. The van der Waals surface area contributed by atoms with Gasteiger partial charge in [0.15, 0.2) is 0 Å². The van der Waals surface area contributed by atoms with Crippen molar-refractivity contribution in [1.82, 2.24) is 0 Å². The van der Waals surface area contributed by atoms with Crippen LogP contribution < -0.4 is 0 Å². The fourth-order valence-electron chi connectivity index (χ4n) is 1.47. The molecule has 0 saturated carbocycles. The standard InChI is InChI=1S/C14H22O2S2/c1-13(2,3)18-10-14(4,12(15)16)8-7-11-6-5-9-17-11/h5-6,9H,7-8,10H2,1-4H3,(H,15,16). The molecule has 0 aliphatic rings. The van der Waals surface area contributed by atoms with Gasteiger partial charge < -0.3 is 5.11 Å². The second-order valence-electron chi connectivity index (χ2n) is 5.85. The van der Waals surface area contributed by atoms with E-state index in [1.165, 1.54) is 4.88 Å². The Morgan fingerprint density at radius 3 is 2.50 bits per heavy atom. The lowest BCUT2D eigenvalue weighted by molar-refractivity contribution is -0.146. The highest BCUT2D eigenvalue weighted by atomic mass is 32.2. The Morgan fingerprint density at radius 1 is 1.39 bits per heavy atom. The maximum Gasteiger partial charge on any atom is 0.310 e. The van der Waals surface area contributed by atoms with Crippen molar-refractivity contribution in [2.75, 3.05) is 5.75 Å². The third-order valence-corrected chi connectivity index (χ3v) is 5.43. The number of hydrogen-bond donors (Lipinski definition) is 1. The number of carboxylic acids is 1. The van der Waals surface area contributed by atoms with Crippen molar-refractivity contribution in [3.63, 3.8) is 0 Å². The van der Waals surface area contributed by atoms with Crippen LogP contribution in [-0.4, -0.2) is 21.6 Å². The van der Waals surface area contributed by atoms with Gasteiger partial charge in [0.2, 0.25) is 0 Å². The second kappa shape index (κ2) is 6.11. The van der Waals surface area contributed by atoms with Crippen LogP contribution in [0.1, 0.15) is 39.0 Å². The zero-order chi connectivity index (χ0) is 13.8. The molecule has 1 heterocycles. The summed E-state index contributed by atoms with van der Waals surface area (Å²) >= 11 is 3.43. The van der Waals surface area contributed by atoms with Crippen LogP contribution in [0.4, 0.5) is 0 Å². The van der Waals surface area contributed by atoms with Crippen molar-refractivity contribution >= 4 is 29.1 Å². The monoisotopic (exact) mass is 286 g/mol. The first-order valence-corrected chi connectivity index (χ1v) is 7.99. The van der Waals surface area contributed by atoms with Crippen molar-refractivity contribution in [1.29, 1.82) is 0 Å². The van der Waals surface area contributed by atoms with Gasteiger partial charge in [-0.25, -0.2) is 0 Å². The molecular weight excluding hydrogens is 264 g/mol. The molecule has 1 atom stereocenters. The quantitative estimate of drug-likeness (QED) is 0.847. The molecule has 0 radical (unpaired) electrons. The van der Waals surface area contributed by atoms with Gasteiger partial charge in [-0.05, 0) is 31.2 Å². The molecule has 102 valence electrons. The number of thiophene rings is 1. The Bertz CT molecular complexity index is 379. The van der Waals surface area contributed by atoms with E-state index in [9.17, 15) is 9.90 Å². The molecule has 1 N–H and O–H groups in total. The molecule has 1 aromatic heterocycles. The third-order valence-electron chi connectivity index (χ3n) is 2.84. The number of carboxylic acid groups (broad SMARTS) is 1. The van der Waals surface area contributed by atoms with Crippen LogP contribution in [0.3, 0.4) is 0 Å². The van der Waals surface area contributed by atoms with E-state index in [0.29, 0.717) is 12.2 Å². The van der Waals surface area contributed by atoms with E-state index in [-0.39, 0.29) is 4.75 Å². The molecule has 0 fully saturated rings. The highest BCUT2D eigenvalue weighted by Gasteiger charge is 2.34. The SMILES string of the molecule is CC(C)(C)SCC(C)(CCc1cccs1)C(=O)O. The van der Waals surface area contributed by atoms with E-state index in [1.54, 1.807) is 23.1 Å². The van der Waals surface area contributed by atoms with Crippen LogP contribution in [0.25, 0.3) is 0 Å². The van der Waals surface area contributed by atoms with Gasteiger partial charge in [-0.1, -0.05) is 26.8 Å². The van der Waals surface area contributed by atoms with Crippen LogP contribution in [0.5, 0.6) is 0 Å². The van der Waals surface area contributed by atoms with E-state index in [0.717, 1.165) is 6.42 Å². The first kappa shape index (κ1) is 15.6. The normalized spacial score (nSPS) is 15.3. The van der Waals surface area contributed by atoms with Crippen molar-refractivity contribution in [3.05, 3.63) is 22.4 Å². The number of thioether (sulfide) groups is 1. The number of carbonyl (C=O) groups is 1. The Kier molecular flexibility index (Phi) is 5.29. The van der Waals surface area contributed by atoms with Gasteiger partial charge >= 0.3 is 5.97 Å². The lowest BCUT2D eigenvalue weighted by atomic mass is 9.87. The average molecular weight is 286 g/mol. The van der Waals surface area contributed by atoms with Gasteiger partial charge in [-0.3, -0.25) is 4.79 Å². The molecule has 18 heavy (non-hydrogen) atoms. The predicted octanol–water partition coefficient (Wildman–Crippen LogP) is 4.30. The van der Waals surface area contributed by atoms with Gasteiger partial charge in [0, 0.05) is 15.4 Å². The van der Waals surface area contributed by atoms with Gasteiger partial charge in [0.25, 0.3) is 0 Å². The van der Waals surface area contributed by atoms with Crippen molar-refractivity contribution < 1.29 is 9.90 Å². The highest BCUT2D eigenvalue weighted by Crippen LogP contribution is 2.34. The minimum atomic E-state index is -0.684. The van der Waals surface area contributed by atoms with E-state index in [1.807, 2.05) is 18.4 Å². The Hall–Kier alpha value is -0.480. The first-order chi connectivity index (χ1) is 8.23. The zero-order valence-corrected chi connectivity index (χ0v) is 13.2. The molecule has 0 amide bonds. The van der Waals surface area contributed by atoms with Crippen LogP contribution in [0.2, 0.25) is 0 Å². The van der Waals surface area contributed by atoms with Gasteiger partial charge in [-0.2, -0.15) is 11.8 Å². The van der Waals surface area contributed by atoms with Crippen LogP contribution in [-0.2, 0) is 11.2 Å². The number of hydrogen-bond acceptors (Lipinski definition) is 3. The van der Waals surface area contributed by atoms with E-state index in [2.05, 4.69) is 26.8 Å². The van der Waals surface area contributed by atoms with Crippen LogP contribution in [0, 0.1) is 5.41 Å². The maximum atomic E-state index is 11.5. The van der Waals surface area contributed by atoms with Gasteiger partial charge in [0.1, 0.15) is 0 Å². The van der Waals surface area contributed by atoms with Gasteiger partial charge in [-0.15, -0.1) is 11.3 Å². The Morgan fingerprint density at radius 2 is 2.06 bits per heavy atom. The first-order valence-electron chi connectivity index (χ1n) is 6.13. The fraction of sp³-hybridized carbons (Fsp3) is 0.643. The van der Waals surface area contributed by atoms with Crippen molar-refractivity contribution in [2.45, 2.75) is 45.3 Å². The molecular formula is C14H22O2S2. The molecule has 0 spiro atoms. The molecule has 1 rings (SSSR count). The Labute approximate surface area is 118 Å². The van der Waals surface area contributed by atoms with E-state index in [4.69, 9.17) is 0 Å². The van der Waals surface area contributed by atoms with Gasteiger partial charge in [0.05, 0.1) is 5.41 Å². The topological polar surface area (TPSA) is 37.3 Å². The molecule has 1 aromatic rings. The van der Waals surface area contributed by atoms with E-state index >= 15 is 0 Å². The fourth-order valence-corrected chi connectivity index (χ4v) is 3.20. The molecule has 0 aromatic carbocycles. The molecule has 0 aliphatic heterocycles. The van der Waals surface area contributed by atoms with Crippen molar-refractivity contribution in [3.8, 4) is 0 Å². The lowest BCUT2D eigenvalue weighted by Gasteiger charge is -2.28. The summed E-state index contributed by atoms with van der Waals surface area (Å²) in [6, 6.07) is 4.09. The minimum absolute atomic E-state index is 0.111.